The van der Waals surface area contributed by atoms with Crippen molar-refractivity contribution < 1.29 is 4.79 Å². The average Bonchev–Trinajstić information content (AvgIpc) is 2.72. The maximum Gasteiger partial charge on any atom is 0.163 e. The summed E-state index contributed by atoms with van der Waals surface area (Å²) in [5.41, 5.74) is 0.865. The van der Waals surface area contributed by atoms with Crippen molar-refractivity contribution >= 4 is 17.5 Å². The summed E-state index contributed by atoms with van der Waals surface area (Å²) in [6.45, 7) is 0. The van der Waals surface area contributed by atoms with Crippen molar-refractivity contribution in [3.63, 3.8) is 0 Å². The van der Waals surface area contributed by atoms with E-state index in [1.807, 2.05) is 42.1 Å². The van der Waals surface area contributed by atoms with Gasteiger partial charge in [0.1, 0.15) is 0 Å². The molecule has 0 N–H and O–H groups in total. The normalized spacial score (nSPS) is 21.0. The summed E-state index contributed by atoms with van der Waals surface area (Å²) in [4.78, 5) is 11.8. The fourth-order valence-electron chi connectivity index (χ4n) is 1.75. The highest BCUT2D eigenvalue weighted by molar-refractivity contribution is 7.99. The maximum atomic E-state index is 11.8. The molecule has 2 rings (SSSR count). The van der Waals surface area contributed by atoms with E-state index >= 15 is 0 Å². The van der Waals surface area contributed by atoms with E-state index in [1.54, 1.807) is 0 Å². The minimum Gasteiger partial charge on any atom is -0.294 e. The molecular formula is C12H14OS. The van der Waals surface area contributed by atoms with Crippen LogP contribution in [0, 0.1) is 5.92 Å². The van der Waals surface area contributed by atoms with Gasteiger partial charge >= 0.3 is 0 Å². The molecule has 1 heterocycles. The Morgan fingerprint density at radius 1 is 1.36 bits per heavy atom. The van der Waals surface area contributed by atoms with Gasteiger partial charge in [-0.15, -0.1) is 0 Å². The predicted octanol–water partition coefficient (Wildman–Crippen LogP) is 3.01. The van der Waals surface area contributed by atoms with Crippen LogP contribution in [0.4, 0.5) is 0 Å². The lowest BCUT2D eigenvalue weighted by atomic mass is 9.98. The zero-order valence-corrected chi connectivity index (χ0v) is 8.93. The molecule has 0 radical (unpaired) electrons. The van der Waals surface area contributed by atoms with Gasteiger partial charge in [0, 0.05) is 12.0 Å². The molecular weight excluding hydrogens is 192 g/mol. The fourth-order valence-corrected chi connectivity index (χ4v) is 3.03. The number of thioether (sulfide) groups is 1. The van der Waals surface area contributed by atoms with Crippen LogP contribution in [0.3, 0.4) is 0 Å². The van der Waals surface area contributed by atoms with Gasteiger partial charge < -0.3 is 0 Å². The molecule has 14 heavy (non-hydrogen) atoms. The maximum absolute atomic E-state index is 11.8. The number of rotatable bonds is 3. The molecule has 0 aliphatic carbocycles. The first-order chi connectivity index (χ1) is 6.86. The molecule has 1 aromatic rings. The van der Waals surface area contributed by atoms with Gasteiger partial charge in [-0.05, 0) is 23.8 Å². The summed E-state index contributed by atoms with van der Waals surface area (Å²) in [7, 11) is 0. The predicted molar refractivity (Wildman–Crippen MR) is 60.8 cm³/mol. The fraction of sp³-hybridized carbons (Fsp3) is 0.417. The minimum absolute atomic E-state index is 0.304. The third-order valence-electron chi connectivity index (χ3n) is 2.59. The first-order valence-electron chi connectivity index (χ1n) is 5.02. The van der Waals surface area contributed by atoms with E-state index in [9.17, 15) is 4.79 Å². The van der Waals surface area contributed by atoms with E-state index in [4.69, 9.17) is 0 Å². The molecule has 0 aromatic heterocycles. The van der Waals surface area contributed by atoms with Gasteiger partial charge in [-0.25, -0.2) is 0 Å². The number of carbonyl (C=O) groups is 1. The summed E-state index contributed by atoms with van der Waals surface area (Å²) in [6, 6.07) is 9.62. The van der Waals surface area contributed by atoms with E-state index in [-0.39, 0.29) is 0 Å². The Morgan fingerprint density at radius 2 is 2.14 bits per heavy atom. The number of hydrogen-bond acceptors (Lipinski definition) is 2. The molecule has 1 aliphatic heterocycles. The molecule has 2 heteroatoms. The molecule has 1 fully saturated rings. The van der Waals surface area contributed by atoms with Crippen LogP contribution in [0.1, 0.15) is 23.2 Å². The summed E-state index contributed by atoms with van der Waals surface area (Å²) in [5, 5.41) is 0. The van der Waals surface area contributed by atoms with Gasteiger partial charge in [-0.1, -0.05) is 30.3 Å². The van der Waals surface area contributed by atoms with E-state index in [0.29, 0.717) is 11.7 Å². The Bertz CT molecular complexity index is 301. The highest BCUT2D eigenvalue weighted by Crippen LogP contribution is 2.27. The second-order valence-corrected chi connectivity index (χ2v) is 4.87. The van der Waals surface area contributed by atoms with Crippen LogP contribution >= 0.6 is 11.8 Å². The van der Waals surface area contributed by atoms with Gasteiger partial charge in [-0.2, -0.15) is 11.8 Å². The highest BCUT2D eigenvalue weighted by Gasteiger charge is 2.19. The first-order valence-corrected chi connectivity index (χ1v) is 6.18. The van der Waals surface area contributed by atoms with Crippen LogP contribution < -0.4 is 0 Å². The molecule has 0 unspecified atom stereocenters. The number of Topliss-reactive ketones (excluding diaryl/α,β-unsaturated/α-hetero) is 1. The number of hydrogen-bond donors (Lipinski definition) is 0. The van der Waals surface area contributed by atoms with Crippen molar-refractivity contribution in [1.82, 2.24) is 0 Å². The summed E-state index contributed by atoms with van der Waals surface area (Å²) in [6.07, 6.45) is 1.94. The van der Waals surface area contributed by atoms with Crippen LogP contribution in [0.25, 0.3) is 0 Å². The average molecular weight is 206 g/mol. The van der Waals surface area contributed by atoms with Gasteiger partial charge in [0.15, 0.2) is 5.78 Å². The SMILES string of the molecule is O=C(C[C@H]1CCSC1)c1ccccc1. The van der Waals surface area contributed by atoms with E-state index in [1.165, 1.54) is 17.9 Å². The van der Waals surface area contributed by atoms with Crippen LogP contribution in [0.15, 0.2) is 30.3 Å². The van der Waals surface area contributed by atoms with Crippen molar-refractivity contribution in [2.24, 2.45) is 5.92 Å². The molecule has 1 aliphatic rings. The molecule has 0 saturated carbocycles. The van der Waals surface area contributed by atoms with Gasteiger partial charge in [-0.3, -0.25) is 4.79 Å². The first kappa shape index (κ1) is 9.78. The van der Waals surface area contributed by atoms with Gasteiger partial charge in [0.2, 0.25) is 0 Å². The second-order valence-electron chi connectivity index (χ2n) is 3.72. The molecule has 1 aromatic carbocycles. The highest BCUT2D eigenvalue weighted by atomic mass is 32.2. The summed E-state index contributed by atoms with van der Waals surface area (Å²) >= 11 is 1.97. The molecule has 74 valence electrons. The lowest BCUT2D eigenvalue weighted by Gasteiger charge is -2.06. The quantitative estimate of drug-likeness (QED) is 0.707. The number of carbonyl (C=O) groups excluding carboxylic acids is 1. The van der Waals surface area contributed by atoms with Crippen LogP contribution in [0.5, 0.6) is 0 Å². The Labute approximate surface area is 88.9 Å². The van der Waals surface area contributed by atoms with Crippen LogP contribution in [-0.4, -0.2) is 17.3 Å². The zero-order valence-electron chi connectivity index (χ0n) is 8.11. The molecule has 1 saturated heterocycles. The Hall–Kier alpha value is -0.760. The standard InChI is InChI=1S/C12H14OS/c13-12(8-10-6-7-14-9-10)11-4-2-1-3-5-11/h1-5,10H,6-9H2/t10-/m1/s1. The second kappa shape index (κ2) is 4.65. The smallest absolute Gasteiger partial charge is 0.163 e. The number of benzene rings is 1. The lowest BCUT2D eigenvalue weighted by Crippen LogP contribution is -2.07. The van der Waals surface area contributed by atoms with Crippen molar-refractivity contribution in [3.8, 4) is 0 Å². The molecule has 0 amide bonds. The molecule has 1 atom stereocenters. The Balaban J connectivity index is 1.95. The van der Waals surface area contributed by atoms with Crippen LogP contribution in [0.2, 0.25) is 0 Å². The Kier molecular flexibility index (Phi) is 3.25. The van der Waals surface area contributed by atoms with Gasteiger partial charge in [0.05, 0.1) is 0 Å². The summed E-state index contributed by atoms with van der Waals surface area (Å²) in [5.74, 6) is 3.32. The van der Waals surface area contributed by atoms with Crippen molar-refractivity contribution in [2.45, 2.75) is 12.8 Å². The summed E-state index contributed by atoms with van der Waals surface area (Å²) < 4.78 is 0. The minimum atomic E-state index is 0.304. The van der Waals surface area contributed by atoms with Gasteiger partial charge in [0.25, 0.3) is 0 Å². The number of ketones is 1. The topological polar surface area (TPSA) is 17.1 Å². The lowest BCUT2D eigenvalue weighted by molar-refractivity contribution is 0.0966. The van der Waals surface area contributed by atoms with Crippen molar-refractivity contribution in [2.75, 3.05) is 11.5 Å². The third kappa shape index (κ3) is 2.38. The zero-order chi connectivity index (χ0) is 9.80. The monoisotopic (exact) mass is 206 g/mol. The van der Waals surface area contributed by atoms with E-state index < -0.39 is 0 Å². The Morgan fingerprint density at radius 3 is 2.79 bits per heavy atom. The van der Waals surface area contributed by atoms with E-state index in [2.05, 4.69) is 0 Å². The molecule has 1 nitrogen and oxygen atoms in total. The van der Waals surface area contributed by atoms with Crippen molar-refractivity contribution in [3.05, 3.63) is 35.9 Å². The molecule has 0 bridgehead atoms. The van der Waals surface area contributed by atoms with Crippen molar-refractivity contribution in [1.29, 1.82) is 0 Å². The molecule has 0 spiro atoms. The van der Waals surface area contributed by atoms with Crippen LogP contribution in [-0.2, 0) is 0 Å². The van der Waals surface area contributed by atoms with E-state index in [0.717, 1.165) is 12.0 Å². The largest absolute Gasteiger partial charge is 0.294 e. The third-order valence-corrected chi connectivity index (χ3v) is 3.83.